The zero-order valence-corrected chi connectivity index (χ0v) is 10.3. The minimum atomic E-state index is -5.83. The summed E-state index contributed by atoms with van der Waals surface area (Å²) in [5, 5.41) is 3.07. The molecule has 0 saturated carbocycles. The normalized spacial score (nSPS) is 31.7. The molecule has 0 bridgehead atoms. The van der Waals surface area contributed by atoms with E-state index in [0.29, 0.717) is 19.5 Å². The Morgan fingerprint density at radius 1 is 1.26 bits per heavy atom. The molecule has 3 nitrogen and oxygen atoms in total. The quantitative estimate of drug-likeness (QED) is 0.783. The fraction of sp³-hybridized carbons (Fsp3) is 0.909. The lowest BCUT2D eigenvalue weighted by atomic mass is 9.93. The van der Waals surface area contributed by atoms with Crippen LogP contribution in [0, 0.1) is 11.8 Å². The van der Waals surface area contributed by atoms with Gasteiger partial charge < -0.3 is 10.2 Å². The van der Waals surface area contributed by atoms with E-state index in [2.05, 4.69) is 5.32 Å². The summed E-state index contributed by atoms with van der Waals surface area (Å²) in [6.07, 6.45) is -5.46. The van der Waals surface area contributed by atoms with Crippen LogP contribution in [0.2, 0.25) is 0 Å². The first-order valence-corrected chi connectivity index (χ1v) is 6.16. The molecule has 0 aromatic heterocycles. The van der Waals surface area contributed by atoms with Crippen molar-refractivity contribution in [2.24, 2.45) is 11.8 Å². The molecule has 1 amide bonds. The molecule has 19 heavy (non-hydrogen) atoms. The molecule has 0 aliphatic carbocycles. The predicted molar refractivity (Wildman–Crippen MR) is 56.6 cm³/mol. The minimum absolute atomic E-state index is 0.0271. The van der Waals surface area contributed by atoms with Crippen LogP contribution in [0.25, 0.3) is 0 Å². The highest BCUT2D eigenvalue weighted by Crippen LogP contribution is 2.41. The number of likely N-dealkylation sites (tertiary alicyclic amines) is 1. The van der Waals surface area contributed by atoms with E-state index in [1.165, 1.54) is 0 Å². The lowest BCUT2D eigenvalue weighted by molar-refractivity contribution is -0.274. The van der Waals surface area contributed by atoms with Gasteiger partial charge in [-0.05, 0) is 18.3 Å². The largest absolute Gasteiger partial charge is 0.463 e. The van der Waals surface area contributed by atoms with Gasteiger partial charge in [0.1, 0.15) is 0 Å². The number of carbonyl (C=O) groups excluding carboxylic acids is 1. The maximum atomic E-state index is 13.1. The molecule has 3 unspecified atom stereocenters. The van der Waals surface area contributed by atoms with Crippen LogP contribution in [-0.4, -0.2) is 48.6 Å². The molecule has 2 aliphatic rings. The van der Waals surface area contributed by atoms with Crippen molar-refractivity contribution in [3.05, 3.63) is 0 Å². The van der Waals surface area contributed by atoms with Crippen molar-refractivity contribution >= 4 is 5.91 Å². The topological polar surface area (TPSA) is 32.3 Å². The van der Waals surface area contributed by atoms with Crippen LogP contribution >= 0.6 is 0 Å². The van der Waals surface area contributed by atoms with E-state index in [4.69, 9.17) is 0 Å². The monoisotopic (exact) mass is 286 g/mol. The summed E-state index contributed by atoms with van der Waals surface area (Å²) in [5.41, 5.74) is 0. The summed E-state index contributed by atoms with van der Waals surface area (Å²) in [4.78, 5) is 12.3. The van der Waals surface area contributed by atoms with Crippen LogP contribution in [0.1, 0.15) is 13.3 Å². The fourth-order valence-corrected chi connectivity index (χ4v) is 3.08. The summed E-state index contributed by atoms with van der Waals surface area (Å²) in [5.74, 6) is -7.47. The van der Waals surface area contributed by atoms with E-state index in [0.717, 1.165) is 4.90 Å². The van der Waals surface area contributed by atoms with Crippen molar-refractivity contribution in [3.63, 3.8) is 0 Å². The SMILES string of the molecule is CCC1C2CNCC2CN1C(=O)C(F)(F)C(F)(F)F. The first-order chi connectivity index (χ1) is 8.70. The van der Waals surface area contributed by atoms with Crippen LogP contribution < -0.4 is 5.32 Å². The van der Waals surface area contributed by atoms with Gasteiger partial charge in [0.05, 0.1) is 0 Å². The molecule has 0 aromatic rings. The van der Waals surface area contributed by atoms with E-state index >= 15 is 0 Å². The summed E-state index contributed by atoms with van der Waals surface area (Å²) in [7, 11) is 0. The molecular formula is C11H15F5N2O. The molecular weight excluding hydrogens is 271 g/mol. The molecule has 8 heteroatoms. The molecule has 3 atom stereocenters. The predicted octanol–water partition coefficient (Wildman–Crippen LogP) is 1.64. The number of halogens is 5. The van der Waals surface area contributed by atoms with Crippen LogP contribution in [0.5, 0.6) is 0 Å². The van der Waals surface area contributed by atoms with Crippen molar-refractivity contribution < 1.29 is 26.7 Å². The highest BCUT2D eigenvalue weighted by molar-refractivity contribution is 5.85. The molecule has 0 spiro atoms. The Bertz CT molecular complexity index is 371. The number of hydrogen-bond acceptors (Lipinski definition) is 2. The Hall–Kier alpha value is -0.920. The summed E-state index contributed by atoms with van der Waals surface area (Å²) >= 11 is 0. The Balaban J connectivity index is 2.20. The van der Waals surface area contributed by atoms with Gasteiger partial charge in [-0.15, -0.1) is 0 Å². The number of alkyl halides is 5. The average Bonchev–Trinajstić information content (AvgIpc) is 2.85. The van der Waals surface area contributed by atoms with Crippen molar-refractivity contribution in [3.8, 4) is 0 Å². The third kappa shape index (κ3) is 2.19. The molecule has 2 fully saturated rings. The minimum Gasteiger partial charge on any atom is -0.334 e. The van der Waals surface area contributed by atoms with Gasteiger partial charge in [-0.2, -0.15) is 22.0 Å². The Morgan fingerprint density at radius 2 is 1.89 bits per heavy atom. The van der Waals surface area contributed by atoms with Crippen LogP contribution in [0.3, 0.4) is 0 Å². The molecule has 2 saturated heterocycles. The lowest BCUT2D eigenvalue weighted by Crippen LogP contribution is -2.54. The summed E-state index contributed by atoms with van der Waals surface area (Å²) in [6.45, 7) is 2.78. The molecule has 0 radical (unpaired) electrons. The Morgan fingerprint density at radius 3 is 2.42 bits per heavy atom. The number of fused-ring (bicyclic) bond motifs is 1. The van der Waals surface area contributed by atoms with Crippen LogP contribution in [0.4, 0.5) is 22.0 Å². The number of amides is 1. The first-order valence-electron chi connectivity index (χ1n) is 6.16. The Labute approximate surface area is 107 Å². The number of carbonyl (C=O) groups is 1. The number of nitrogens with one attached hydrogen (secondary N) is 1. The molecule has 2 rings (SSSR count). The summed E-state index contributed by atoms with van der Waals surface area (Å²) < 4.78 is 63.0. The van der Waals surface area contributed by atoms with E-state index < -0.39 is 24.0 Å². The zero-order valence-electron chi connectivity index (χ0n) is 10.3. The smallest absolute Gasteiger partial charge is 0.334 e. The van der Waals surface area contributed by atoms with Gasteiger partial charge in [-0.1, -0.05) is 6.92 Å². The number of hydrogen-bond donors (Lipinski definition) is 1. The van der Waals surface area contributed by atoms with Gasteiger partial charge in [0.15, 0.2) is 0 Å². The van der Waals surface area contributed by atoms with Crippen molar-refractivity contribution in [2.45, 2.75) is 31.5 Å². The fourth-order valence-electron chi connectivity index (χ4n) is 3.08. The second kappa shape index (κ2) is 4.57. The number of nitrogens with zero attached hydrogens (tertiary/aromatic N) is 1. The van der Waals surface area contributed by atoms with E-state index in [9.17, 15) is 26.7 Å². The van der Waals surface area contributed by atoms with Crippen LogP contribution in [0.15, 0.2) is 0 Å². The van der Waals surface area contributed by atoms with Crippen molar-refractivity contribution in [2.75, 3.05) is 19.6 Å². The molecule has 2 heterocycles. The van der Waals surface area contributed by atoms with Crippen molar-refractivity contribution in [1.82, 2.24) is 10.2 Å². The second-order valence-electron chi connectivity index (χ2n) is 5.09. The van der Waals surface area contributed by atoms with Gasteiger partial charge in [-0.3, -0.25) is 4.79 Å². The maximum Gasteiger partial charge on any atom is 0.463 e. The highest BCUT2D eigenvalue weighted by Gasteiger charge is 2.66. The van der Waals surface area contributed by atoms with Crippen LogP contribution in [-0.2, 0) is 4.79 Å². The highest BCUT2D eigenvalue weighted by atomic mass is 19.4. The van der Waals surface area contributed by atoms with Crippen molar-refractivity contribution in [1.29, 1.82) is 0 Å². The first kappa shape index (κ1) is 14.5. The average molecular weight is 286 g/mol. The van der Waals surface area contributed by atoms with E-state index in [-0.39, 0.29) is 18.4 Å². The second-order valence-corrected chi connectivity index (χ2v) is 5.09. The molecule has 110 valence electrons. The van der Waals surface area contributed by atoms with Gasteiger partial charge in [-0.25, -0.2) is 0 Å². The third-order valence-electron chi connectivity index (χ3n) is 4.02. The third-order valence-corrected chi connectivity index (χ3v) is 4.02. The maximum absolute atomic E-state index is 13.1. The zero-order chi connectivity index (χ0) is 14.4. The van der Waals surface area contributed by atoms with E-state index in [1.807, 2.05) is 0 Å². The van der Waals surface area contributed by atoms with E-state index in [1.54, 1.807) is 6.92 Å². The van der Waals surface area contributed by atoms with Gasteiger partial charge >= 0.3 is 18.0 Å². The lowest BCUT2D eigenvalue weighted by Gasteiger charge is -2.30. The molecule has 1 N–H and O–H groups in total. The van der Waals surface area contributed by atoms with Gasteiger partial charge in [0.25, 0.3) is 0 Å². The van der Waals surface area contributed by atoms with Gasteiger partial charge in [0, 0.05) is 25.7 Å². The van der Waals surface area contributed by atoms with Gasteiger partial charge in [0.2, 0.25) is 0 Å². The number of rotatable bonds is 2. The molecule has 2 aliphatic heterocycles. The summed E-state index contributed by atoms with van der Waals surface area (Å²) in [6, 6.07) is -0.541. The Kier molecular flexibility index (Phi) is 3.49. The molecule has 0 aromatic carbocycles. The standard InChI is InChI=1S/C11H15F5N2O/c1-2-8-7-4-17-3-6(7)5-18(8)9(19)10(12,13)11(14,15)16/h6-8,17H,2-5H2,1H3.